The van der Waals surface area contributed by atoms with Gasteiger partial charge in [0.1, 0.15) is 11.6 Å². The third-order valence-electron chi connectivity index (χ3n) is 7.76. The molecule has 0 unspecified atom stereocenters. The average molecular weight is 374 g/mol. The van der Waals surface area contributed by atoms with Gasteiger partial charge in [0.05, 0.1) is 6.10 Å². The van der Waals surface area contributed by atoms with Crippen molar-refractivity contribution in [3.05, 3.63) is 30.1 Å². The third kappa shape index (κ3) is 2.65. The van der Waals surface area contributed by atoms with Gasteiger partial charge in [-0.1, -0.05) is 0 Å². The Labute approximate surface area is 159 Å². The zero-order valence-corrected chi connectivity index (χ0v) is 15.6. The molecule has 7 rings (SSSR count). The molecule has 0 radical (unpaired) electrons. The standard InChI is InChI=1S/C22H27FO4/c23-18-1-3-19(4-2-18)24-20-5-7-21(8-6-20)25-22(27-26-21)16-10-14-9-15(12-16)13-17(22)11-14/h1-4,14-17,20H,5-13H2. The van der Waals surface area contributed by atoms with Crippen LogP contribution in [0.15, 0.2) is 24.3 Å². The Kier molecular flexibility index (Phi) is 3.67. The molecule has 6 fully saturated rings. The molecule has 146 valence electrons. The lowest BCUT2D eigenvalue weighted by atomic mass is 9.53. The molecule has 0 N–H and O–H groups in total. The molecule has 5 saturated carbocycles. The lowest BCUT2D eigenvalue weighted by Gasteiger charge is -2.57. The molecule has 2 spiro atoms. The summed E-state index contributed by atoms with van der Waals surface area (Å²) >= 11 is 0. The van der Waals surface area contributed by atoms with Crippen molar-refractivity contribution in [1.82, 2.24) is 0 Å². The highest BCUT2D eigenvalue weighted by Crippen LogP contribution is 2.63. The minimum absolute atomic E-state index is 0.114. The maximum Gasteiger partial charge on any atom is 0.210 e. The lowest BCUT2D eigenvalue weighted by molar-refractivity contribution is -0.390. The Bertz CT molecular complexity index is 682. The van der Waals surface area contributed by atoms with E-state index in [0.717, 1.165) is 43.3 Å². The zero-order valence-electron chi connectivity index (χ0n) is 15.6. The molecule has 1 heterocycles. The summed E-state index contributed by atoms with van der Waals surface area (Å²) in [7, 11) is 0. The van der Waals surface area contributed by atoms with Gasteiger partial charge in [-0.2, -0.15) is 9.78 Å². The summed E-state index contributed by atoms with van der Waals surface area (Å²) in [6.45, 7) is 0. The first-order valence-corrected chi connectivity index (χ1v) is 10.6. The Morgan fingerprint density at radius 3 is 2.11 bits per heavy atom. The molecule has 1 saturated heterocycles. The molecule has 1 aromatic rings. The number of halogens is 1. The summed E-state index contributed by atoms with van der Waals surface area (Å²) < 4.78 is 25.8. The molecule has 27 heavy (non-hydrogen) atoms. The van der Waals surface area contributed by atoms with E-state index in [0.29, 0.717) is 11.8 Å². The predicted molar refractivity (Wildman–Crippen MR) is 95.0 cm³/mol. The second-order valence-electron chi connectivity index (χ2n) is 9.48. The van der Waals surface area contributed by atoms with Crippen molar-refractivity contribution < 1.29 is 23.6 Å². The first kappa shape index (κ1) is 16.8. The summed E-state index contributed by atoms with van der Waals surface area (Å²) in [6, 6.07) is 6.25. The van der Waals surface area contributed by atoms with Gasteiger partial charge < -0.3 is 9.47 Å². The van der Waals surface area contributed by atoms with E-state index >= 15 is 0 Å². The van der Waals surface area contributed by atoms with E-state index in [1.807, 2.05) is 0 Å². The van der Waals surface area contributed by atoms with Gasteiger partial charge in [0.2, 0.25) is 11.6 Å². The van der Waals surface area contributed by atoms with Crippen LogP contribution in [0.25, 0.3) is 0 Å². The summed E-state index contributed by atoms with van der Waals surface area (Å²) in [5.74, 6) is 2.15. The quantitative estimate of drug-likeness (QED) is 0.685. The second-order valence-corrected chi connectivity index (χ2v) is 9.48. The highest BCUT2D eigenvalue weighted by atomic mass is 19.1. The van der Waals surface area contributed by atoms with E-state index in [9.17, 15) is 4.39 Å². The van der Waals surface area contributed by atoms with E-state index in [1.165, 1.54) is 44.2 Å². The van der Waals surface area contributed by atoms with Crippen molar-refractivity contribution >= 4 is 0 Å². The fraction of sp³-hybridized carbons (Fsp3) is 0.727. The number of benzene rings is 1. The van der Waals surface area contributed by atoms with Gasteiger partial charge in [-0.3, -0.25) is 0 Å². The van der Waals surface area contributed by atoms with Gasteiger partial charge in [-0.05, 0) is 81.0 Å². The van der Waals surface area contributed by atoms with E-state index in [4.69, 9.17) is 19.2 Å². The molecule has 1 aromatic carbocycles. The van der Waals surface area contributed by atoms with Crippen LogP contribution in [0.5, 0.6) is 5.75 Å². The summed E-state index contributed by atoms with van der Waals surface area (Å²) in [6.07, 6.45) is 9.77. The van der Waals surface area contributed by atoms with E-state index in [-0.39, 0.29) is 11.9 Å². The zero-order chi connectivity index (χ0) is 18.1. The average Bonchev–Trinajstić information content (AvgIpc) is 3.04. The molecular formula is C22H27FO4. The molecule has 4 bridgehead atoms. The first-order valence-electron chi connectivity index (χ1n) is 10.6. The van der Waals surface area contributed by atoms with E-state index in [2.05, 4.69) is 0 Å². The van der Waals surface area contributed by atoms with Gasteiger partial charge in [0, 0.05) is 24.7 Å². The van der Waals surface area contributed by atoms with Crippen molar-refractivity contribution in [1.29, 1.82) is 0 Å². The first-order chi connectivity index (χ1) is 13.1. The maximum absolute atomic E-state index is 13.1. The number of hydrogen-bond acceptors (Lipinski definition) is 4. The molecule has 6 aliphatic rings. The Morgan fingerprint density at radius 2 is 1.48 bits per heavy atom. The Morgan fingerprint density at radius 1 is 0.852 bits per heavy atom. The Hall–Kier alpha value is -1.17. The molecule has 1 aliphatic heterocycles. The van der Waals surface area contributed by atoms with Crippen LogP contribution < -0.4 is 4.74 Å². The van der Waals surface area contributed by atoms with E-state index < -0.39 is 11.6 Å². The summed E-state index contributed by atoms with van der Waals surface area (Å²) in [5.41, 5.74) is 0. The van der Waals surface area contributed by atoms with Gasteiger partial charge in [-0.25, -0.2) is 4.39 Å². The maximum atomic E-state index is 13.1. The fourth-order valence-electron chi connectivity index (χ4n) is 6.65. The van der Waals surface area contributed by atoms with Crippen molar-refractivity contribution in [2.75, 3.05) is 0 Å². The number of rotatable bonds is 2. The largest absolute Gasteiger partial charge is 0.490 e. The van der Waals surface area contributed by atoms with Crippen LogP contribution >= 0.6 is 0 Å². The minimum atomic E-state index is -0.599. The van der Waals surface area contributed by atoms with Gasteiger partial charge >= 0.3 is 0 Å². The van der Waals surface area contributed by atoms with Crippen molar-refractivity contribution in [2.45, 2.75) is 75.5 Å². The normalized spacial score (nSPS) is 47.8. The molecule has 5 aliphatic carbocycles. The van der Waals surface area contributed by atoms with Crippen LogP contribution in [0, 0.1) is 29.5 Å². The van der Waals surface area contributed by atoms with Crippen LogP contribution in [0.1, 0.15) is 57.8 Å². The van der Waals surface area contributed by atoms with Gasteiger partial charge in [0.15, 0.2) is 0 Å². The SMILES string of the molecule is Fc1ccc(OC2CCC3(CC2)OOC2(O3)C3CC4CC(C3)CC2C4)cc1. The predicted octanol–water partition coefficient (Wildman–Crippen LogP) is 4.97. The monoisotopic (exact) mass is 374 g/mol. The molecule has 0 aromatic heterocycles. The van der Waals surface area contributed by atoms with Gasteiger partial charge in [-0.15, -0.1) is 0 Å². The molecular weight excluding hydrogens is 347 g/mol. The Balaban J connectivity index is 1.12. The fourth-order valence-corrected chi connectivity index (χ4v) is 6.65. The van der Waals surface area contributed by atoms with Crippen molar-refractivity contribution in [3.63, 3.8) is 0 Å². The van der Waals surface area contributed by atoms with Crippen molar-refractivity contribution in [3.8, 4) is 5.75 Å². The highest BCUT2D eigenvalue weighted by Gasteiger charge is 2.66. The number of hydrogen-bond donors (Lipinski definition) is 0. The van der Waals surface area contributed by atoms with Crippen LogP contribution in [-0.4, -0.2) is 17.7 Å². The van der Waals surface area contributed by atoms with E-state index in [1.54, 1.807) is 12.1 Å². The topological polar surface area (TPSA) is 36.9 Å². The van der Waals surface area contributed by atoms with Crippen LogP contribution in [0.2, 0.25) is 0 Å². The molecule has 4 nitrogen and oxygen atoms in total. The molecule has 0 amide bonds. The summed E-state index contributed by atoms with van der Waals surface area (Å²) in [4.78, 5) is 12.0. The van der Waals surface area contributed by atoms with Gasteiger partial charge in [0.25, 0.3) is 0 Å². The third-order valence-corrected chi connectivity index (χ3v) is 7.76. The highest BCUT2D eigenvalue weighted by molar-refractivity contribution is 5.22. The van der Waals surface area contributed by atoms with Crippen LogP contribution in [0.3, 0.4) is 0 Å². The lowest BCUT2D eigenvalue weighted by Crippen LogP contribution is -2.59. The molecule has 0 atom stereocenters. The molecule has 5 heteroatoms. The number of ether oxygens (including phenoxy) is 2. The van der Waals surface area contributed by atoms with Crippen LogP contribution in [0.4, 0.5) is 4.39 Å². The smallest absolute Gasteiger partial charge is 0.210 e. The second kappa shape index (κ2) is 5.91. The van der Waals surface area contributed by atoms with Crippen LogP contribution in [-0.2, 0) is 14.5 Å². The minimum Gasteiger partial charge on any atom is -0.490 e. The summed E-state index contributed by atoms with van der Waals surface area (Å²) in [5, 5.41) is 0. The van der Waals surface area contributed by atoms with Crippen molar-refractivity contribution in [2.24, 2.45) is 23.7 Å².